The average Bonchev–Trinajstić information content (AvgIpc) is 2.88. The molecular formula is C15H21N3OS. The molecule has 4 nitrogen and oxygen atoms in total. The first-order valence-electron chi connectivity index (χ1n) is 6.90. The molecule has 0 aliphatic carbocycles. The highest BCUT2D eigenvalue weighted by Gasteiger charge is 2.16. The van der Waals surface area contributed by atoms with E-state index in [1.54, 1.807) is 11.8 Å². The molecule has 108 valence electrons. The third-order valence-electron chi connectivity index (χ3n) is 3.40. The first-order valence-corrected chi connectivity index (χ1v) is 8.19. The van der Waals surface area contributed by atoms with E-state index in [-0.39, 0.29) is 11.9 Å². The Morgan fingerprint density at radius 2 is 2.20 bits per heavy atom. The zero-order valence-electron chi connectivity index (χ0n) is 12.1. The summed E-state index contributed by atoms with van der Waals surface area (Å²) in [6.07, 6.45) is 3.61. The SMILES string of the molecule is CC[C@H](CC(=O)N[C@@H](C)c1nc2ccccc2[nH]1)SC. The van der Waals surface area contributed by atoms with Crippen LogP contribution in [0.2, 0.25) is 0 Å². The summed E-state index contributed by atoms with van der Waals surface area (Å²) in [6.45, 7) is 4.06. The van der Waals surface area contributed by atoms with Crippen molar-refractivity contribution in [3.05, 3.63) is 30.1 Å². The van der Waals surface area contributed by atoms with Crippen LogP contribution in [0, 0.1) is 0 Å². The standard InChI is InChI=1S/C15H21N3OS/c1-4-11(20-3)9-14(19)16-10(2)15-17-12-7-5-6-8-13(12)18-15/h5-8,10-11H,4,9H2,1-3H3,(H,16,19)(H,17,18)/t10-,11+/m0/s1. The molecule has 0 spiro atoms. The number of nitrogens with one attached hydrogen (secondary N) is 2. The van der Waals surface area contributed by atoms with E-state index in [9.17, 15) is 4.79 Å². The van der Waals surface area contributed by atoms with Crippen molar-refractivity contribution in [1.29, 1.82) is 0 Å². The van der Waals surface area contributed by atoms with Gasteiger partial charge in [-0.3, -0.25) is 4.79 Å². The van der Waals surface area contributed by atoms with Gasteiger partial charge in [-0.15, -0.1) is 0 Å². The minimum Gasteiger partial charge on any atom is -0.346 e. The maximum atomic E-state index is 12.0. The zero-order chi connectivity index (χ0) is 14.5. The molecule has 20 heavy (non-hydrogen) atoms. The second-order valence-electron chi connectivity index (χ2n) is 4.90. The highest BCUT2D eigenvalue weighted by Crippen LogP contribution is 2.17. The number of H-pyrrole nitrogens is 1. The van der Waals surface area contributed by atoms with Gasteiger partial charge < -0.3 is 10.3 Å². The van der Waals surface area contributed by atoms with E-state index in [1.165, 1.54) is 0 Å². The molecular weight excluding hydrogens is 270 g/mol. The number of rotatable bonds is 6. The topological polar surface area (TPSA) is 57.8 Å². The molecule has 1 aromatic carbocycles. The molecule has 2 N–H and O–H groups in total. The molecule has 2 rings (SSSR count). The monoisotopic (exact) mass is 291 g/mol. The molecule has 1 aromatic heterocycles. The number of carbonyl (C=O) groups is 1. The smallest absolute Gasteiger partial charge is 0.221 e. The molecule has 1 amide bonds. The van der Waals surface area contributed by atoms with Crippen molar-refractivity contribution in [2.24, 2.45) is 0 Å². The molecule has 1 heterocycles. The number of hydrogen-bond donors (Lipinski definition) is 2. The van der Waals surface area contributed by atoms with Gasteiger partial charge in [0.05, 0.1) is 17.1 Å². The first-order chi connectivity index (χ1) is 9.63. The van der Waals surface area contributed by atoms with E-state index in [0.717, 1.165) is 23.3 Å². The largest absolute Gasteiger partial charge is 0.346 e. The Balaban J connectivity index is 2.00. The molecule has 2 aromatic rings. The van der Waals surface area contributed by atoms with Crippen LogP contribution in [0.25, 0.3) is 11.0 Å². The quantitative estimate of drug-likeness (QED) is 0.858. The molecule has 0 aliphatic heterocycles. The van der Waals surface area contributed by atoms with E-state index < -0.39 is 0 Å². The predicted molar refractivity (Wildman–Crippen MR) is 84.9 cm³/mol. The zero-order valence-corrected chi connectivity index (χ0v) is 13.0. The lowest BCUT2D eigenvalue weighted by atomic mass is 10.2. The van der Waals surface area contributed by atoms with Crippen LogP contribution in [-0.4, -0.2) is 27.4 Å². The Morgan fingerprint density at radius 1 is 1.45 bits per heavy atom. The van der Waals surface area contributed by atoms with Crippen molar-refractivity contribution in [3.8, 4) is 0 Å². The van der Waals surface area contributed by atoms with Crippen LogP contribution in [0.3, 0.4) is 0 Å². The number of imidazole rings is 1. The number of hydrogen-bond acceptors (Lipinski definition) is 3. The van der Waals surface area contributed by atoms with Gasteiger partial charge in [-0.1, -0.05) is 19.1 Å². The van der Waals surface area contributed by atoms with Crippen molar-refractivity contribution in [3.63, 3.8) is 0 Å². The van der Waals surface area contributed by atoms with Crippen LogP contribution >= 0.6 is 11.8 Å². The van der Waals surface area contributed by atoms with Gasteiger partial charge in [0.15, 0.2) is 0 Å². The van der Waals surface area contributed by atoms with Crippen molar-refractivity contribution >= 4 is 28.7 Å². The fourth-order valence-corrected chi connectivity index (χ4v) is 2.80. The predicted octanol–water partition coefficient (Wildman–Crippen LogP) is 3.27. The third-order valence-corrected chi connectivity index (χ3v) is 4.56. The number of para-hydroxylation sites is 2. The normalized spacial score (nSPS) is 14.2. The van der Waals surface area contributed by atoms with E-state index in [4.69, 9.17) is 0 Å². The number of amides is 1. The molecule has 0 unspecified atom stereocenters. The minimum atomic E-state index is -0.103. The summed E-state index contributed by atoms with van der Waals surface area (Å²) >= 11 is 1.74. The van der Waals surface area contributed by atoms with Gasteiger partial charge in [-0.25, -0.2) is 4.98 Å². The van der Waals surface area contributed by atoms with Gasteiger partial charge in [0.2, 0.25) is 5.91 Å². The number of nitrogens with zero attached hydrogens (tertiary/aromatic N) is 1. The molecule has 5 heteroatoms. The molecule has 0 saturated carbocycles. The molecule has 0 aliphatic rings. The summed E-state index contributed by atoms with van der Waals surface area (Å²) in [4.78, 5) is 19.8. The second-order valence-corrected chi connectivity index (χ2v) is 6.04. The molecule has 0 fully saturated rings. The summed E-state index contributed by atoms with van der Waals surface area (Å²) < 4.78 is 0. The van der Waals surface area contributed by atoms with Crippen LogP contribution in [0.5, 0.6) is 0 Å². The second kappa shape index (κ2) is 6.79. The summed E-state index contributed by atoms with van der Waals surface area (Å²) in [5, 5.41) is 3.40. The van der Waals surface area contributed by atoms with Crippen LogP contribution < -0.4 is 5.32 Å². The average molecular weight is 291 g/mol. The molecule has 2 atom stereocenters. The van der Waals surface area contributed by atoms with Crippen molar-refractivity contribution < 1.29 is 4.79 Å². The highest BCUT2D eigenvalue weighted by atomic mass is 32.2. The summed E-state index contributed by atoms with van der Waals surface area (Å²) in [6, 6.07) is 7.78. The van der Waals surface area contributed by atoms with Crippen LogP contribution in [0.15, 0.2) is 24.3 Å². The third kappa shape index (κ3) is 3.54. The van der Waals surface area contributed by atoms with E-state index in [1.807, 2.05) is 37.4 Å². The fourth-order valence-electron chi connectivity index (χ4n) is 2.15. The van der Waals surface area contributed by atoms with E-state index >= 15 is 0 Å². The van der Waals surface area contributed by atoms with E-state index in [0.29, 0.717) is 11.7 Å². The van der Waals surface area contributed by atoms with Crippen LogP contribution in [0.1, 0.15) is 38.6 Å². The van der Waals surface area contributed by atoms with Gasteiger partial charge in [0, 0.05) is 11.7 Å². The lowest BCUT2D eigenvalue weighted by molar-refractivity contribution is -0.121. The fraction of sp³-hybridized carbons (Fsp3) is 0.467. The summed E-state index contributed by atoms with van der Waals surface area (Å²) in [7, 11) is 0. The number of thioether (sulfide) groups is 1. The number of carbonyl (C=O) groups excluding carboxylic acids is 1. The number of fused-ring (bicyclic) bond motifs is 1. The Bertz CT molecular complexity index is 544. The van der Waals surface area contributed by atoms with Gasteiger partial charge in [-0.2, -0.15) is 11.8 Å². The Morgan fingerprint density at radius 3 is 2.85 bits per heavy atom. The Labute approximate surface area is 123 Å². The highest BCUT2D eigenvalue weighted by molar-refractivity contribution is 7.99. The lowest BCUT2D eigenvalue weighted by Gasteiger charge is -2.15. The van der Waals surface area contributed by atoms with Crippen molar-refractivity contribution in [1.82, 2.24) is 15.3 Å². The van der Waals surface area contributed by atoms with Crippen molar-refractivity contribution in [2.45, 2.75) is 38.0 Å². The van der Waals surface area contributed by atoms with Gasteiger partial charge in [0.25, 0.3) is 0 Å². The first kappa shape index (κ1) is 14.9. The lowest BCUT2D eigenvalue weighted by Crippen LogP contribution is -2.29. The van der Waals surface area contributed by atoms with Crippen molar-refractivity contribution in [2.75, 3.05) is 6.26 Å². The maximum absolute atomic E-state index is 12.0. The maximum Gasteiger partial charge on any atom is 0.221 e. The molecule has 0 saturated heterocycles. The summed E-state index contributed by atoms with van der Waals surface area (Å²) in [5.74, 6) is 0.885. The summed E-state index contributed by atoms with van der Waals surface area (Å²) in [5.41, 5.74) is 1.93. The van der Waals surface area contributed by atoms with Crippen LogP contribution in [-0.2, 0) is 4.79 Å². The Kier molecular flexibility index (Phi) is 5.06. The van der Waals surface area contributed by atoms with E-state index in [2.05, 4.69) is 22.2 Å². The minimum absolute atomic E-state index is 0.0826. The molecule has 0 radical (unpaired) electrons. The molecule has 0 bridgehead atoms. The van der Waals surface area contributed by atoms with Crippen LogP contribution in [0.4, 0.5) is 0 Å². The number of aromatic nitrogens is 2. The number of benzene rings is 1. The van der Waals surface area contributed by atoms with Gasteiger partial charge in [-0.05, 0) is 31.7 Å². The van der Waals surface area contributed by atoms with Gasteiger partial charge >= 0.3 is 0 Å². The Hall–Kier alpha value is -1.49. The van der Waals surface area contributed by atoms with Gasteiger partial charge in [0.1, 0.15) is 5.82 Å². The number of aromatic amines is 1.